The molecule has 1 nitrogen and oxygen atoms in total. The number of hydrogen-bond acceptors (Lipinski definition) is 1. The highest BCUT2D eigenvalue weighted by molar-refractivity contribution is 5.65. The third-order valence-corrected chi connectivity index (χ3v) is 2.84. The summed E-state index contributed by atoms with van der Waals surface area (Å²) in [5, 5.41) is 0. The molecule has 0 radical (unpaired) electrons. The summed E-state index contributed by atoms with van der Waals surface area (Å²) < 4.78 is 0. The zero-order valence-electron chi connectivity index (χ0n) is 13.9. The average Bonchev–Trinajstić information content (AvgIpc) is 2.38. The molecule has 0 unspecified atom stereocenters. The zero-order valence-corrected chi connectivity index (χ0v) is 13.9. The van der Waals surface area contributed by atoms with Gasteiger partial charge in [0.15, 0.2) is 0 Å². The Hall–Kier alpha value is -1.89. The molecular weight excluding hydrogens is 256 g/mol. The summed E-state index contributed by atoms with van der Waals surface area (Å²) in [4.78, 5) is 10.0. The number of allylic oxidation sites excluding steroid dienone is 12. The number of hydrogen-bond donors (Lipinski definition) is 0. The van der Waals surface area contributed by atoms with Crippen LogP contribution in [0.15, 0.2) is 72.4 Å². The van der Waals surface area contributed by atoms with Gasteiger partial charge in [0.25, 0.3) is 0 Å². The van der Waals surface area contributed by atoms with Crippen LogP contribution in [-0.2, 0) is 4.79 Å². The molecule has 0 amide bonds. The van der Waals surface area contributed by atoms with Gasteiger partial charge in [0.2, 0.25) is 0 Å². The molecule has 114 valence electrons. The highest BCUT2D eigenvalue weighted by Crippen LogP contribution is 2.30. The van der Waals surface area contributed by atoms with Crippen LogP contribution in [-0.4, -0.2) is 6.29 Å². The number of carbonyl (C=O) groups is 1. The lowest BCUT2D eigenvalue weighted by molar-refractivity contribution is -0.104. The van der Waals surface area contributed by atoms with E-state index in [0.29, 0.717) is 5.92 Å². The molecule has 0 rings (SSSR count). The van der Waals surface area contributed by atoms with Gasteiger partial charge in [0.05, 0.1) is 0 Å². The highest BCUT2D eigenvalue weighted by atomic mass is 16.1. The maximum atomic E-state index is 10.0. The fourth-order valence-electron chi connectivity index (χ4n) is 2.03. The normalized spacial score (nSPS) is 14.9. The minimum Gasteiger partial charge on any atom is -0.299 e. The Morgan fingerprint density at radius 1 is 0.714 bits per heavy atom. The Bertz CT molecular complexity index is 461. The molecule has 0 aliphatic rings. The average molecular weight is 284 g/mol. The maximum Gasteiger partial charge on any atom is 0.142 e. The molecule has 0 bridgehead atoms. The molecule has 0 atom stereocenters. The molecule has 0 saturated carbocycles. The van der Waals surface area contributed by atoms with Crippen LogP contribution in [0.5, 0.6) is 0 Å². The van der Waals surface area contributed by atoms with Gasteiger partial charge in [-0.15, -0.1) is 0 Å². The van der Waals surface area contributed by atoms with Crippen molar-refractivity contribution in [2.45, 2.75) is 34.6 Å². The fourth-order valence-corrected chi connectivity index (χ4v) is 2.03. The Kier molecular flexibility index (Phi) is 9.87. The first-order valence-electron chi connectivity index (χ1n) is 7.38. The minimum absolute atomic E-state index is 0.210. The summed E-state index contributed by atoms with van der Waals surface area (Å²) in [7, 11) is 0. The van der Waals surface area contributed by atoms with E-state index in [0.717, 1.165) is 6.29 Å². The molecule has 0 aromatic heterocycles. The van der Waals surface area contributed by atoms with Crippen LogP contribution in [0.1, 0.15) is 34.6 Å². The lowest BCUT2D eigenvalue weighted by Crippen LogP contribution is -2.13. The predicted molar refractivity (Wildman–Crippen MR) is 94.1 cm³/mol. The van der Waals surface area contributed by atoms with Gasteiger partial charge in [-0.3, -0.25) is 4.79 Å². The second-order valence-corrected chi connectivity index (χ2v) is 6.09. The van der Waals surface area contributed by atoms with Crippen molar-refractivity contribution >= 4 is 6.29 Å². The Morgan fingerprint density at radius 2 is 1.10 bits per heavy atom. The van der Waals surface area contributed by atoms with E-state index in [1.54, 1.807) is 6.08 Å². The van der Waals surface area contributed by atoms with Crippen molar-refractivity contribution in [3.8, 4) is 0 Å². The van der Waals surface area contributed by atoms with Crippen molar-refractivity contribution in [3.63, 3.8) is 0 Å². The first kappa shape index (κ1) is 19.1. The smallest absolute Gasteiger partial charge is 0.142 e. The zero-order chi connectivity index (χ0) is 16.1. The monoisotopic (exact) mass is 284 g/mol. The van der Waals surface area contributed by atoms with Crippen molar-refractivity contribution in [1.82, 2.24) is 0 Å². The molecule has 21 heavy (non-hydrogen) atoms. The molecule has 0 aromatic rings. The number of aldehydes is 1. The van der Waals surface area contributed by atoms with E-state index in [1.165, 1.54) is 11.6 Å². The van der Waals surface area contributed by atoms with E-state index in [4.69, 9.17) is 0 Å². The second-order valence-electron chi connectivity index (χ2n) is 6.09. The third-order valence-electron chi connectivity index (χ3n) is 2.84. The van der Waals surface area contributed by atoms with Crippen LogP contribution in [0.2, 0.25) is 0 Å². The molecule has 0 saturated heterocycles. The molecule has 0 spiro atoms. The fraction of sp³-hybridized carbons (Fsp3) is 0.350. The van der Waals surface area contributed by atoms with Crippen molar-refractivity contribution in [3.05, 3.63) is 72.4 Å². The summed E-state index contributed by atoms with van der Waals surface area (Å²) in [5.74, 6) is 0.558. The van der Waals surface area contributed by atoms with E-state index in [-0.39, 0.29) is 5.41 Å². The van der Waals surface area contributed by atoms with Crippen molar-refractivity contribution in [2.75, 3.05) is 0 Å². The largest absolute Gasteiger partial charge is 0.299 e. The van der Waals surface area contributed by atoms with Crippen LogP contribution < -0.4 is 0 Å². The van der Waals surface area contributed by atoms with Crippen molar-refractivity contribution in [2.24, 2.45) is 11.3 Å². The predicted octanol–water partition coefficient (Wildman–Crippen LogP) is 5.59. The van der Waals surface area contributed by atoms with Gasteiger partial charge in [-0.2, -0.15) is 0 Å². The highest BCUT2D eigenvalue weighted by Gasteiger charge is 2.18. The molecule has 0 aliphatic carbocycles. The topological polar surface area (TPSA) is 17.1 Å². The first-order valence-corrected chi connectivity index (χ1v) is 7.38. The molecule has 0 fully saturated rings. The number of carbonyl (C=O) groups excluding carboxylic acids is 1. The summed E-state index contributed by atoms with van der Waals surface area (Å²) >= 11 is 0. The van der Waals surface area contributed by atoms with Gasteiger partial charge in [0.1, 0.15) is 6.29 Å². The molecular formula is C20H28O. The van der Waals surface area contributed by atoms with Crippen LogP contribution >= 0.6 is 0 Å². The van der Waals surface area contributed by atoms with E-state index >= 15 is 0 Å². The van der Waals surface area contributed by atoms with Crippen molar-refractivity contribution in [1.29, 1.82) is 0 Å². The summed E-state index contributed by atoms with van der Waals surface area (Å²) in [6.45, 7) is 11.2. The van der Waals surface area contributed by atoms with Crippen LogP contribution in [0.4, 0.5) is 0 Å². The third kappa shape index (κ3) is 10.5. The van der Waals surface area contributed by atoms with Crippen LogP contribution in [0, 0.1) is 11.3 Å². The summed E-state index contributed by atoms with van der Waals surface area (Å²) in [6, 6.07) is 0. The Labute approximate surface area is 130 Å². The van der Waals surface area contributed by atoms with Gasteiger partial charge >= 0.3 is 0 Å². The van der Waals surface area contributed by atoms with Crippen LogP contribution in [0.3, 0.4) is 0 Å². The first-order chi connectivity index (χ1) is 9.89. The quantitative estimate of drug-likeness (QED) is 0.338. The minimum atomic E-state index is 0.210. The maximum absolute atomic E-state index is 10.0. The molecule has 0 aliphatic heterocycles. The Morgan fingerprint density at radius 3 is 1.43 bits per heavy atom. The van der Waals surface area contributed by atoms with E-state index in [9.17, 15) is 4.79 Å². The van der Waals surface area contributed by atoms with E-state index < -0.39 is 0 Å². The van der Waals surface area contributed by atoms with Crippen LogP contribution in [0.25, 0.3) is 0 Å². The van der Waals surface area contributed by atoms with E-state index in [2.05, 4.69) is 46.8 Å². The lowest BCUT2D eigenvalue weighted by atomic mass is 9.80. The summed E-state index contributed by atoms with van der Waals surface area (Å²) in [5.41, 5.74) is 1.66. The number of rotatable bonds is 7. The molecule has 0 N–H and O–H groups in total. The van der Waals surface area contributed by atoms with Crippen molar-refractivity contribution < 1.29 is 4.79 Å². The van der Waals surface area contributed by atoms with Gasteiger partial charge in [-0.05, 0) is 17.4 Å². The van der Waals surface area contributed by atoms with Gasteiger partial charge in [0, 0.05) is 0 Å². The van der Waals surface area contributed by atoms with Gasteiger partial charge < -0.3 is 0 Å². The second kappa shape index (κ2) is 10.8. The molecule has 1 heteroatoms. The van der Waals surface area contributed by atoms with E-state index in [1.807, 2.05) is 42.5 Å². The Balaban J connectivity index is 4.41. The SMILES string of the molecule is CC(C)/C(=C/C=C/C=C/C=C/C=C/C=C/C=O)C(C)(C)C. The van der Waals surface area contributed by atoms with Gasteiger partial charge in [-0.1, -0.05) is 101 Å². The standard InChI is InChI=1S/C20H28O/c1-18(2)19(20(3,4)5)16-14-12-10-8-6-7-9-11-13-15-17-21/h6-18H,1-5H3/b7-6+,10-8+,11-9+,14-12+,15-13+,19-16-. The van der Waals surface area contributed by atoms with Gasteiger partial charge in [-0.25, -0.2) is 0 Å². The molecule has 0 heterocycles. The summed E-state index contributed by atoms with van der Waals surface area (Å²) in [6.07, 6.45) is 21.8. The molecule has 0 aromatic carbocycles. The lowest BCUT2D eigenvalue weighted by Gasteiger charge is -2.26.